The Bertz CT molecular complexity index is 922. The number of nitrogens with one attached hydrogen (secondary N) is 1. The molecule has 4 rings (SSSR count). The van der Waals surface area contributed by atoms with Gasteiger partial charge in [-0.05, 0) is 55.2 Å². The normalized spacial score (nSPS) is 19.4. The van der Waals surface area contributed by atoms with Crippen molar-refractivity contribution in [2.75, 3.05) is 22.8 Å². The molecule has 2 aromatic carbocycles. The van der Waals surface area contributed by atoms with Gasteiger partial charge in [-0.15, -0.1) is 0 Å². The lowest BCUT2D eigenvalue weighted by Crippen LogP contribution is -2.37. The number of carbonyl (C=O) groups is 1. The highest BCUT2D eigenvalue weighted by molar-refractivity contribution is 7.92. The fourth-order valence-electron chi connectivity index (χ4n) is 3.45. The summed E-state index contributed by atoms with van der Waals surface area (Å²) in [6.07, 6.45) is 2.03. The molecule has 0 radical (unpaired) electrons. The van der Waals surface area contributed by atoms with E-state index in [4.69, 9.17) is 4.74 Å². The molecule has 6 nitrogen and oxygen atoms in total. The minimum Gasteiger partial charge on any atom is -0.368 e. The number of ether oxygens (including phenoxy) is 1. The van der Waals surface area contributed by atoms with Crippen LogP contribution in [0, 0.1) is 0 Å². The van der Waals surface area contributed by atoms with E-state index in [0.717, 1.165) is 24.1 Å². The van der Waals surface area contributed by atoms with E-state index in [9.17, 15) is 13.2 Å². The molecule has 1 atom stereocenters. The molecule has 2 aromatic rings. The van der Waals surface area contributed by atoms with Crippen LogP contribution >= 0.6 is 0 Å². The van der Waals surface area contributed by atoms with Crippen molar-refractivity contribution in [3.63, 3.8) is 0 Å². The second-order valence-corrected chi connectivity index (χ2v) is 8.19. The molecule has 1 unspecified atom stereocenters. The van der Waals surface area contributed by atoms with Gasteiger partial charge in [0.05, 0.1) is 4.90 Å². The van der Waals surface area contributed by atoms with E-state index in [1.165, 1.54) is 0 Å². The molecule has 0 bridgehead atoms. The van der Waals surface area contributed by atoms with Gasteiger partial charge in [0.2, 0.25) is 0 Å². The first-order chi connectivity index (χ1) is 12.5. The molecule has 7 heteroatoms. The maximum Gasteiger partial charge on any atom is 0.261 e. The number of rotatable bonds is 4. The van der Waals surface area contributed by atoms with Crippen molar-refractivity contribution in [3.8, 4) is 0 Å². The molecule has 2 heterocycles. The van der Waals surface area contributed by atoms with E-state index < -0.39 is 10.0 Å². The summed E-state index contributed by atoms with van der Waals surface area (Å²) in [6, 6.07) is 13.6. The maximum atomic E-state index is 12.6. The molecule has 1 N–H and O–H groups in total. The Balaban J connectivity index is 1.54. The number of anilines is 2. The quantitative estimate of drug-likeness (QED) is 0.895. The van der Waals surface area contributed by atoms with Crippen molar-refractivity contribution in [3.05, 3.63) is 54.1 Å². The molecule has 1 fully saturated rings. The lowest BCUT2D eigenvalue weighted by molar-refractivity contribution is -0.127. The van der Waals surface area contributed by atoms with Crippen LogP contribution in [0.15, 0.2) is 53.4 Å². The number of benzene rings is 2. The number of hydrogen-bond donors (Lipinski definition) is 1. The first-order valence-electron chi connectivity index (χ1n) is 8.68. The Hall–Kier alpha value is -2.38. The van der Waals surface area contributed by atoms with Crippen LogP contribution in [-0.4, -0.2) is 33.6 Å². The van der Waals surface area contributed by atoms with Gasteiger partial charge in [-0.2, -0.15) is 0 Å². The largest absolute Gasteiger partial charge is 0.368 e. The van der Waals surface area contributed by atoms with Crippen LogP contribution in [0.3, 0.4) is 0 Å². The summed E-state index contributed by atoms with van der Waals surface area (Å²) in [5.41, 5.74) is 2.30. The topological polar surface area (TPSA) is 75.7 Å². The van der Waals surface area contributed by atoms with Gasteiger partial charge in [-0.3, -0.25) is 9.52 Å². The van der Waals surface area contributed by atoms with E-state index in [-0.39, 0.29) is 16.9 Å². The zero-order chi connectivity index (χ0) is 18.1. The molecule has 1 amide bonds. The monoisotopic (exact) mass is 372 g/mol. The predicted molar refractivity (Wildman–Crippen MR) is 98.7 cm³/mol. The smallest absolute Gasteiger partial charge is 0.261 e. The summed E-state index contributed by atoms with van der Waals surface area (Å²) in [5, 5.41) is 0. The number of fused-ring (bicyclic) bond motifs is 1. The van der Waals surface area contributed by atoms with Crippen molar-refractivity contribution >= 4 is 27.3 Å². The Morgan fingerprint density at radius 3 is 2.69 bits per heavy atom. The Labute approximate surface area is 152 Å². The van der Waals surface area contributed by atoms with Crippen molar-refractivity contribution in [2.24, 2.45) is 0 Å². The zero-order valence-electron chi connectivity index (χ0n) is 14.2. The lowest BCUT2D eigenvalue weighted by atomic mass is 10.1. The van der Waals surface area contributed by atoms with Crippen LogP contribution in [0.1, 0.15) is 18.4 Å². The molecule has 1 saturated heterocycles. The third-order valence-electron chi connectivity index (χ3n) is 4.75. The van der Waals surface area contributed by atoms with E-state index in [0.29, 0.717) is 25.3 Å². The van der Waals surface area contributed by atoms with Crippen LogP contribution in [0.25, 0.3) is 0 Å². The molecule has 136 valence electrons. The lowest BCUT2D eigenvalue weighted by Gasteiger charge is -2.21. The van der Waals surface area contributed by atoms with Gasteiger partial charge in [0.25, 0.3) is 15.9 Å². The summed E-state index contributed by atoms with van der Waals surface area (Å²) in [4.78, 5) is 14.6. The van der Waals surface area contributed by atoms with E-state index in [1.54, 1.807) is 53.4 Å². The molecule has 0 spiro atoms. The van der Waals surface area contributed by atoms with Gasteiger partial charge in [-0.25, -0.2) is 8.42 Å². The SMILES string of the molecule is O=C(C1CCCO1)N1CCc2cc(NS(=O)(=O)c3ccccc3)ccc21. The summed E-state index contributed by atoms with van der Waals surface area (Å²) in [6.45, 7) is 1.24. The Morgan fingerprint density at radius 2 is 1.96 bits per heavy atom. The van der Waals surface area contributed by atoms with Crippen LogP contribution < -0.4 is 9.62 Å². The fourth-order valence-corrected chi connectivity index (χ4v) is 4.52. The summed E-state index contributed by atoms with van der Waals surface area (Å²) in [5.74, 6) is -0.00105. The summed E-state index contributed by atoms with van der Waals surface area (Å²) < 4.78 is 33.0. The molecule has 0 aromatic heterocycles. The number of amides is 1. The summed E-state index contributed by atoms with van der Waals surface area (Å²) >= 11 is 0. The van der Waals surface area contributed by atoms with E-state index >= 15 is 0 Å². The van der Waals surface area contributed by atoms with Gasteiger partial charge < -0.3 is 9.64 Å². The fraction of sp³-hybridized carbons (Fsp3) is 0.316. The first-order valence-corrected chi connectivity index (χ1v) is 10.2. The second-order valence-electron chi connectivity index (χ2n) is 6.50. The van der Waals surface area contributed by atoms with Gasteiger partial charge in [0.1, 0.15) is 6.10 Å². The third kappa shape index (κ3) is 3.20. The van der Waals surface area contributed by atoms with Crippen molar-refractivity contribution in [1.82, 2.24) is 0 Å². The van der Waals surface area contributed by atoms with Crippen molar-refractivity contribution in [1.29, 1.82) is 0 Å². The molecule has 2 aliphatic heterocycles. The molecular weight excluding hydrogens is 352 g/mol. The maximum absolute atomic E-state index is 12.6. The first kappa shape index (κ1) is 17.1. The van der Waals surface area contributed by atoms with E-state index in [1.807, 2.05) is 0 Å². The van der Waals surface area contributed by atoms with Crippen LogP contribution in [-0.2, 0) is 26.0 Å². The molecule has 0 saturated carbocycles. The average molecular weight is 372 g/mol. The van der Waals surface area contributed by atoms with Crippen LogP contribution in [0.5, 0.6) is 0 Å². The highest BCUT2D eigenvalue weighted by atomic mass is 32.2. The third-order valence-corrected chi connectivity index (χ3v) is 6.15. The second kappa shape index (κ2) is 6.74. The van der Waals surface area contributed by atoms with Crippen LogP contribution in [0.2, 0.25) is 0 Å². The van der Waals surface area contributed by atoms with Crippen molar-refractivity contribution in [2.45, 2.75) is 30.3 Å². The van der Waals surface area contributed by atoms with Gasteiger partial charge >= 0.3 is 0 Å². The Morgan fingerprint density at radius 1 is 1.15 bits per heavy atom. The van der Waals surface area contributed by atoms with Crippen molar-refractivity contribution < 1.29 is 17.9 Å². The number of carbonyl (C=O) groups excluding carboxylic acids is 1. The average Bonchev–Trinajstić information content (AvgIpc) is 3.31. The van der Waals surface area contributed by atoms with Gasteiger partial charge in [0, 0.05) is 24.5 Å². The zero-order valence-corrected chi connectivity index (χ0v) is 15.0. The highest BCUT2D eigenvalue weighted by Gasteiger charge is 2.32. The Kier molecular flexibility index (Phi) is 4.42. The molecular formula is C19H20N2O4S. The van der Waals surface area contributed by atoms with E-state index in [2.05, 4.69) is 4.72 Å². The van der Waals surface area contributed by atoms with Gasteiger partial charge in [0.15, 0.2) is 0 Å². The number of hydrogen-bond acceptors (Lipinski definition) is 4. The highest BCUT2D eigenvalue weighted by Crippen LogP contribution is 2.32. The number of nitrogens with zero attached hydrogens (tertiary/aromatic N) is 1. The predicted octanol–water partition coefficient (Wildman–Crippen LogP) is 2.56. The standard InChI is InChI=1S/C19H20N2O4S/c22-19(18-7-4-12-25-18)21-11-10-14-13-15(8-9-17(14)21)20-26(23,24)16-5-2-1-3-6-16/h1-3,5-6,8-9,13,18,20H,4,7,10-12H2. The molecule has 26 heavy (non-hydrogen) atoms. The van der Waals surface area contributed by atoms with Crippen LogP contribution in [0.4, 0.5) is 11.4 Å². The van der Waals surface area contributed by atoms with Gasteiger partial charge in [-0.1, -0.05) is 18.2 Å². The summed E-state index contributed by atoms with van der Waals surface area (Å²) in [7, 11) is -3.62. The minimum absolute atomic E-state index is 0.00105. The number of sulfonamides is 1. The molecule has 0 aliphatic carbocycles. The molecule has 2 aliphatic rings. The minimum atomic E-state index is -3.62.